The molecule has 1 aliphatic rings. The topological polar surface area (TPSA) is 82.9 Å². The van der Waals surface area contributed by atoms with E-state index in [2.05, 4.69) is 31.9 Å². The lowest BCUT2D eigenvalue weighted by Gasteiger charge is -2.35. The van der Waals surface area contributed by atoms with Gasteiger partial charge in [0.2, 0.25) is 0 Å². The molecular formula is C23H25F2N7OS. The second-order valence-electron chi connectivity index (χ2n) is 8.29. The number of nitrogens with one attached hydrogen (secondary N) is 1. The highest BCUT2D eigenvalue weighted by molar-refractivity contribution is 7.82. The number of hydrogen-bond acceptors (Lipinski definition) is 5. The maximum Gasteiger partial charge on any atom is 0.141 e. The quantitative estimate of drug-likeness (QED) is 0.434. The van der Waals surface area contributed by atoms with Crippen LogP contribution in [0.2, 0.25) is 0 Å². The van der Waals surface area contributed by atoms with Gasteiger partial charge in [0.25, 0.3) is 0 Å². The minimum atomic E-state index is -1.72. The Hall–Kier alpha value is -3.02. The van der Waals surface area contributed by atoms with Crippen LogP contribution < -0.4 is 0 Å². The molecule has 1 aromatic carbocycles. The Morgan fingerprint density at radius 1 is 1.15 bits per heavy atom. The first-order chi connectivity index (χ1) is 16.5. The summed E-state index contributed by atoms with van der Waals surface area (Å²) >= 11 is 0. The van der Waals surface area contributed by atoms with Crippen molar-refractivity contribution in [3.63, 3.8) is 0 Å². The van der Waals surface area contributed by atoms with Gasteiger partial charge in [-0.3, -0.25) is 9.58 Å². The molecule has 178 valence electrons. The van der Waals surface area contributed by atoms with Crippen molar-refractivity contribution >= 4 is 22.0 Å². The number of halogens is 2. The van der Waals surface area contributed by atoms with Gasteiger partial charge in [-0.05, 0) is 30.7 Å². The fraction of sp³-hybridized carbons (Fsp3) is 0.348. The minimum Gasteiger partial charge on any atom is -0.346 e. The van der Waals surface area contributed by atoms with Crippen LogP contribution in [0.25, 0.3) is 22.3 Å². The zero-order chi connectivity index (χ0) is 23.7. The van der Waals surface area contributed by atoms with E-state index in [0.717, 1.165) is 53.5 Å². The summed E-state index contributed by atoms with van der Waals surface area (Å²) in [5.41, 5.74) is 2.56. The van der Waals surface area contributed by atoms with E-state index in [1.807, 2.05) is 29.3 Å². The molecule has 0 aliphatic carbocycles. The van der Waals surface area contributed by atoms with E-state index in [4.69, 9.17) is 0 Å². The number of rotatable bonds is 7. The van der Waals surface area contributed by atoms with Gasteiger partial charge in [-0.25, -0.2) is 27.3 Å². The Morgan fingerprint density at radius 2 is 1.97 bits per heavy atom. The number of fused-ring (bicyclic) bond motifs is 1. The van der Waals surface area contributed by atoms with E-state index < -0.39 is 22.6 Å². The first-order valence-electron chi connectivity index (χ1n) is 11.2. The fourth-order valence-electron chi connectivity index (χ4n) is 4.29. The molecule has 0 radical (unpaired) electrons. The second kappa shape index (κ2) is 9.69. The number of hydrogen-bond donors (Lipinski definition) is 1. The molecule has 4 aromatic rings. The van der Waals surface area contributed by atoms with Crippen LogP contribution in [0.15, 0.2) is 54.1 Å². The number of aromatic amines is 1. The third-order valence-corrected chi connectivity index (χ3v) is 7.71. The predicted octanol–water partition coefficient (Wildman–Crippen LogP) is 3.39. The van der Waals surface area contributed by atoms with Gasteiger partial charge in [-0.1, -0.05) is 6.92 Å². The van der Waals surface area contributed by atoms with Gasteiger partial charge in [-0.2, -0.15) is 5.10 Å². The van der Waals surface area contributed by atoms with E-state index in [-0.39, 0.29) is 10.9 Å². The summed E-state index contributed by atoms with van der Waals surface area (Å²) in [4.78, 5) is 14.0. The molecule has 1 aliphatic heterocycles. The number of nitrogens with zero attached hydrogens (tertiary/aromatic N) is 6. The maximum absolute atomic E-state index is 14.0. The summed E-state index contributed by atoms with van der Waals surface area (Å²) in [6.07, 6.45) is 8.12. The van der Waals surface area contributed by atoms with Crippen LogP contribution in [0.5, 0.6) is 0 Å². The third kappa shape index (κ3) is 4.50. The van der Waals surface area contributed by atoms with Gasteiger partial charge in [0.1, 0.15) is 34.6 Å². The Balaban J connectivity index is 1.23. The van der Waals surface area contributed by atoms with Crippen LogP contribution in [0, 0.1) is 11.6 Å². The van der Waals surface area contributed by atoms with E-state index in [0.29, 0.717) is 26.2 Å². The summed E-state index contributed by atoms with van der Waals surface area (Å²) in [7, 11) is -1.72. The molecule has 1 N–H and O–H groups in total. The molecule has 8 nitrogen and oxygen atoms in total. The molecule has 34 heavy (non-hydrogen) atoms. The maximum atomic E-state index is 14.0. The molecule has 0 spiro atoms. The lowest BCUT2D eigenvalue weighted by atomic mass is 10.1. The number of benzene rings is 1. The lowest BCUT2D eigenvalue weighted by Crippen LogP contribution is -2.48. The van der Waals surface area contributed by atoms with E-state index in [9.17, 15) is 13.0 Å². The summed E-state index contributed by atoms with van der Waals surface area (Å²) in [5.74, 6) is -1.24. The van der Waals surface area contributed by atoms with Gasteiger partial charge in [0, 0.05) is 56.1 Å². The molecule has 0 saturated carbocycles. The molecule has 2 unspecified atom stereocenters. The van der Waals surface area contributed by atoms with Crippen LogP contribution >= 0.6 is 0 Å². The molecule has 0 amide bonds. The Kier molecular flexibility index (Phi) is 6.48. The van der Waals surface area contributed by atoms with Crippen LogP contribution in [-0.4, -0.2) is 70.9 Å². The highest BCUT2D eigenvalue weighted by Crippen LogP contribution is 2.26. The van der Waals surface area contributed by atoms with Crippen LogP contribution in [-0.2, 0) is 11.0 Å². The Labute approximate surface area is 198 Å². The average molecular weight is 486 g/mol. The van der Waals surface area contributed by atoms with E-state index in [1.54, 1.807) is 10.6 Å². The van der Waals surface area contributed by atoms with Crippen LogP contribution in [0.3, 0.4) is 0 Å². The average Bonchev–Trinajstić information content (AvgIpc) is 3.54. The molecular weight excluding hydrogens is 460 g/mol. The summed E-state index contributed by atoms with van der Waals surface area (Å²) < 4.78 is 44.0. The van der Waals surface area contributed by atoms with E-state index in [1.165, 1.54) is 0 Å². The Bertz CT molecular complexity index is 1320. The summed E-state index contributed by atoms with van der Waals surface area (Å²) in [6.45, 7) is 5.30. The number of H-pyrrole nitrogens is 1. The van der Waals surface area contributed by atoms with Crippen molar-refractivity contribution in [3.8, 4) is 11.3 Å². The van der Waals surface area contributed by atoms with Crippen molar-refractivity contribution in [2.45, 2.75) is 24.3 Å². The first kappa shape index (κ1) is 22.8. The normalized spacial score (nSPS) is 17.3. The smallest absolute Gasteiger partial charge is 0.141 e. The minimum absolute atomic E-state index is 0.106. The molecule has 11 heteroatoms. The predicted molar refractivity (Wildman–Crippen MR) is 125 cm³/mol. The molecule has 1 saturated heterocycles. The van der Waals surface area contributed by atoms with Gasteiger partial charge < -0.3 is 4.98 Å². The van der Waals surface area contributed by atoms with E-state index >= 15 is 0 Å². The van der Waals surface area contributed by atoms with Crippen molar-refractivity contribution in [1.82, 2.24) is 33.9 Å². The van der Waals surface area contributed by atoms with Gasteiger partial charge in [-0.15, -0.1) is 0 Å². The fourth-order valence-corrected chi connectivity index (χ4v) is 5.51. The second-order valence-corrected chi connectivity index (χ2v) is 9.74. The Morgan fingerprint density at radius 3 is 2.76 bits per heavy atom. The summed E-state index contributed by atoms with van der Waals surface area (Å²) in [6, 6.07) is 5.18. The summed E-state index contributed by atoms with van der Waals surface area (Å²) in [5, 5.41) is 5.56. The van der Waals surface area contributed by atoms with Crippen molar-refractivity contribution in [2.24, 2.45) is 0 Å². The first-order valence-corrected chi connectivity index (χ1v) is 12.3. The van der Waals surface area contributed by atoms with Crippen molar-refractivity contribution < 1.29 is 13.0 Å². The highest BCUT2D eigenvalue weighted by Gasteiger charge is 2.26. The van der Waals surface area contributed by atoms with Gasteiger partial charge in [0.15, 0.2) is 0 Å². The van der Waals surface area contributed by atoms with Crippen molar-refractivity contribution in [3.05, 3.63) is 60.8 Å². The zero-order valence-corrected chi connectivity index (χ0v) is 19.5. The van der Waals surface area contributed by atoms with Crippen LogP contribution in [0.1, 0.15) is 19.4 Å². The number of aromatic nitrogens is 5. The molecule has 0 bridgehead atoms. The third-order valence-electron chi connectivity index (χ3n) is 6.19. The lowest BCUT2D eigenvalue weighted by molar-refractivity contribution is 0.163. The number of piperazine rings is 1. The molecule has 1 fully saturated rings. The highest BCUT2D eigenvalue weighted by atomic mass is 32.2. The molecule has 5 rings (SSSR count). The molecule has 4 heterocycles. The van der Waals surface area contributed by atoms with Gasteiger partial charge in [0.05, 0.1) is 22.8 Å². The standard InChI is InChI=1S/C23H25F2N7OS/c1-2-18(32-13-16(12-29-32)22-19-5-6-26-23(19)28-15-27-22)14-30-7-9-31(10-8-30)34(33)21-11-17(24)3-4-20(21)25/h3-6,11-13,15,18H,2,7-10,14H2,1H3,(H,26,27,28). The van der Waals surface area contributed by atoms with Crippen molar-refractivity contribution in [2.75, 3.05) is 32.7 Å². The zero-order valence-electron chi connectivity index (χ0n) is 18.7. The SMILES string of the molecule is CCC(CN1CCN(S(=O)c2cc(F)ccc2F)CC1)n1cc(-c2ncnc3[nH]ccc23)cn1. The monoisotopic (exact) mass is 485 g/mol. The largest absolute Gasteiger partial charge is 0.346 e. The van der Waals surface area contributed by atoms with Crippen LogP contribution in [0.4, 0.5) is 8.78 Å². The molecule has 3 aromatic heterocycles. The van der Waals surface area contributed by atoms with Gasteiger partial charge >= 0.3 is 0 Å². The molecule has 2 atom stereocenters. The van der Waals surface area contributed by atoms with Crippen molar-refractivity contribution in [1.29, 1.82) is 0 Å².